The van der Waals surface area contributed by atoms with Crippen LogP contribution in [0.4, 0.5) is 0 Å². The van der Waals surface area contributed by atoms with Crippen molar-refractivity contribution >= 4 is 23.2 Å². The first-order chi connectivity index (χ1) is 12.4. The number of nitrogens with zero attached hydrogens (tertiary/aromatic N) is 1. The third kappa shape index (κ3) is 3.97. The molecule has 0 fully saturated rings. The van der Waals surface area contributed by atoms with Crippen molar-refractivity contribution in [2.75, 3.05) is 20.2 Å². The zero-order chi connectivity index (χ0) is 18.7. The SMILES string of the molecule is COC(=O)c1ccc(C(=O)NCC(C)(C)N2CCc3ccccc3C2)s1. The summed E-state index contributed by atoms with van der Waals surface area (Å²) in [6.45, 7) is 6.71. The van der Waals surface area contributed by atoms with E-state index in [1.54, 1.807) is 12.1 Å². The van der Waals surface area contributed by atoms with Gasteiger partial charge in [-0.3, -0.25) is 9.69 Å². The topological polar surface area (TPSA) is 58.6 Å². The van der Waals surface area contributed by atoms with Crippen molar-refractivity contribution in [1.82, 2.24) is 10.2 Å². The molecule has 2 heterocycles. The Morgan fingerprint density at radius 1 is 1.15 bits per heavy atom. The molecule has 0 atom stereocenters. The van der Waals surface area contributed by atoms with E-state index in [-0.39, 0.29) is 11.4 Å². The van der Waals surface area contributed by atoms with Crippen LogP contribution in [0.5, 0.6) is 0 Å². The summed E-state index contributed by atoms with van der Waals surface area (Å²) < 4.78 is 4.68. The van der Waals surface area contributed by atoms with Crippen molar-refractivity contribution in [1.29, 1.82) is 0 Å². The first-order valence-electron chi connectivity index (χ1n) is 8.69. The van der Waals surface area contributed by atoms with E-state index in [4.69, 9.17) is 0 Å². The van der Waals surface area contributed by atoms with Crippen LogP contribution in [0.3, 0.4) is 0 Å². The van der Waals surface area contributed by atoms with Crippen LogP contribution in [0.15, 0.2) is 36.4 Å². The molecule has 0 saturated heterocycles. The summed E-state index contributed by atoms with van der Waals surface area (Å²) in [5, 5.41) is 3.01. The number of fused-ring (bicyclic) bond motifs is 1. The molecular formula is C20H24N2O3S. The molecule has 0 unspecified atom stereocenters. The van der Waals surface area contributed by atoms with Crippen LogP contribution >= 0.6 is 11.3 Å². The lowest BCUT2D eigenvalue weighted by Gasteiger charge is -2.41. The van der Waals surface area contributed by atoms with E-state index < -0.39 is 5.97 Å². The number of amides is 1. The maximum Gasteiger partial charge on any atom is 0.348 e. The second kappa shape index (κ2) is 7.60. The molecule has 0 bridgehead atoms. The van der Waals surface area contributed by atoms with Gasteiger partial charge in [0, 0.05) is 25.2 Å². The summed E-state index contributed by atoms with van der Waals surface area (Å²) in [7, 11) is 1.33. The monoisotopic (exact) mass is 372 g/mol. The molecule has 5 nitrogen and oxygen atoms in total. The van der Waals surface area contributed by atoms with Crippen molar-refractivity contribution in [3.05, 3.63) is 57.3 Å². The zero-order valence-electron chi connectivity index (χ0n) is 15.4. The predicted octanol–water partition coefficient (Wildman–Crippen LogP) is 3.10. The summed E-state index contributed by atoms with van der Waals surface area (Å²) in [5.41, 5.74) is 2.61. The number of thiophene rings is 1. The van der Waals surface area contributed by atoms with Crippen LogP contribution in [0.1, 0.15) is 44.3 Å². The molecule has 1 aromatic carbocycles. The van der Waals surface area contributed by atoms with Gasteiger partial charge in [0.25, 0.3) is 5.91 Å². The Balaban J connectivity index is 1.60. The standard InChI is InChI=1S/C20H24N2O3S/c1-20(2,22-11-10-14-6-4-5-7-15(14)12-22)13-21-18(23)16-8-9-17(26-16)19(24)25-3/h4-9H,10-13H2,1-3H3,(H,21,23). The summed E-state index contributed by atoms with van der Waals surface area (Å²) in [6, 6.07) is 11.8. The molecule has 138 valence electrons. The molecule has 1 amide bonds. The average molecular weight is 372 g/mol. The van der Waals surface area contributed by atoms with Crippen LogP contribution in [0.25, 0.3) is 0 Å². The zero-order valence-corrected chi connectivity index (χ0v) is 16.2. The molecule has 1 N–H and O–H groups in total. The van der Waals surface area contributed by atoms with E-state index >= 15 is 0 Å². The lowest BCUT2D eigenvalue weighted by molar-refractivity contribution is 0.0606. The van der Waals surface area contributed by atoms with Gasteiger partial charge in [-0.25, -0.2) is 4.79 Å². The minimum absolute atomic E-state index is 0.157. The van der Waals surface area contributed by atoms with E-state index in [0.29, 0.717) is 16.3 Å². The van der Waals surface area contributed by atoms with Gasteiger partial charge in [0.15, 0.2) is 0 Å². The van der Waals surface area contributed by atoms with E-state index in [1.807, 2.05) is 0 Å². The fourth-order valence-corrected chi connectivity index (χ4v) is 4.02. The highest BCUT2D eigenvalue weighted by atomic mass is 32.1. The molecule has 0 aliphatic carbocycles. The average Bonchev–Trinajstić information content (AvgIpc) is 3.15. The van der Waals surface area contributed by atoms with Crippen molar-refractivity contribution < 1.29 is 14.3 Å². The number of rotatable bonds is 5. The molecule has 26 heavy (non-hydrogen) atoms. The summed E-state index contributed by atoms with van der Waals surface area (Å²) >= 11 is 1.15. The number of esters is 1. The Morgan fingerprint density at radius 3 is 2.58 bits per heavy atom. The normalized spacial score (nSPS) is 14.6. The minimum atomic E-state index is -0.415. The number of carbonyl (C=O) groups is 2. The molecular weight excluding hydrogens is 348 g/mol. The molecule has 3 rings (SSSR count). The Morgan fingerprint density at radius 2 is 1.85 bits per heavy atom. The lowest BCUT2D eigenvalue weighted by Crippen LogP contribution is -2.53. The molecule has 2 aromatic rings. The van der Waals surface area contributed by atoms with Gasteiger partial charge in [-0.2, -0.15) is 0 Å². The second-order valence-electron chi connectivity index (χ2n) is 7.09. The number of methoxy groups -OCH3 is 1. The summed E-state index contributed by atoms with van der Waals surface area (Å²) in [5.74, 6) is -0.572. The van der Waals surface area contributed by atoms with Gasteiger partial charge < -0.3 is 10.1 Å². The van der Waals surface area contributed by atoms with Crippen LogP contribution < -0.4 is 5.32 Å². The maximum atomic E-state index is 12.4. The summed E-state index contributed by atoms with van der Waals surface area (Å²) in [6.07, 6.45) is 1.03. The van der Waals surface area contributed by atoms with Gasteiger partial charge in [-0.1, -0.05) is 24.3 Å². The number of ether oxygens (including phenoxy) is 1. The number of nitrogens with one attached hydrogen (secondary N) is 1. The molecule has 0 saturated carbocycles. The molecule has 1 aliphatic heterocycles. The molecule has 0 spiro atoms. The van der Waals surface area contributed by atoms with Gasteiger partial charge in [0.05, 0.1) is 12.0 Å². The van der Waals surface area contributed by atoms with Gasteiger partial charge in [-0.15, -0.1) is 11.3 Å². The number of benzene rings is 1. The van der Waals surface area contributed by atoms with Crippen molar-refractivity contribution in [3.63, 3.8) is 0 Å². The second-order valence-corrected chi connectivity index (χ2v) is 8.17. The quantitative estimate of drug-likeness (QED) is 0.820. The van der Waals surface area contributed by atoms with Crippen molar-refractivity contribution in [2.45, 2.75) is 32.4 Å². The lowest BCUT2D eigenvalue weighted by atomic mass is 9.94. The van der Waals surface area contributed by atoms with Gasteiger partial charge in [-0.05, 0) is 43.5 Å². The van der Waals surface area contributed by atoms with Gasteiger partial charge in [0.1, 0.15) is 4.88 Å². The number of hydrogen-bond acceptors (Lipinski definition) is 5. The largest absolute Gasteiger partial charge is 0.465 e. The predicted molar refractivity (Wildman–Crippen MR) is 103 cm³/mol. The van der Waals surface area contributed by atoms with E-state index in [0.717, 1.165) is 30.8 Å². The van der Waals surface area contributed by atoms with Crippen LogP contribution in [0.2, 0.25) is 0 Å². The molecule has 1 aromatic heterocycles. The van der Waals surface area contributed by atoms with Gasteiger partial charge in [0.2, 0.25) is 0 Å². The molecule has 0 radical (unpaired) electrons. The van der Waals surface area contributed by atoms with Crippen LogP contribution in [0, 0.1) is 0 Å². The first-order valence-corrected chi connectivity index (χ1v) is 9.50. The summed E-state index contributed by atoms with van der Waals surface area (Å²) in [4.78, 5) is 27.3. The highest BCUT2D eigenvalue weighted by Crippen LogP contribution is 2.25. The third-order valence-corrected chi connectivity index (χ3v) is 5.95. The minimum Gasteiger partial charge on any atom is -0.465 e. The Bertz CT molecular complexity index is 813. The van der Waals surface area contributed by atoms with E-state index in [9.17, 15) is 9.59 Å². The molecule has 6 heteroatoms. The Hall–Kier alpha value is -2.18. The van der Waals surface area contributed by atoms with Crippen LogP contribution in [-0.2, 0) is 17.7 Å². The smallest absolute Gasteiger partial charge is 0.348 e. The van der Waals surface area contributed by atoms with E-state index in [2.05, 4.69) is 53.1 Å². The highest BCUT2D eigenvalue weighted by Gasteiger charge is 2.30. The van der Waals surface area contributed by atoms with E-state index in [1.165, 1.54) is 18.2 Å². The Labute approximate surface area is 158 Å². The fraction of sp³-hybridized carbons (Fsp3) is 0.400. The maximum absolute atomic E-state index is 12.4. The Kier molecular flexibility index (Phi) is 5.44. The number of carbonyl (C=O) groups excluding carboxylic acids is 2. The van der Waals surface area contributed by atoms with Crippen LogP contribution in [-0.4, -0.2) is 42.5 Å². The first kappa shape index (κ1) is 18.6. The fourth-order valence-electron chi connectivity index (χ4n) is 3.18. The van der Waals surface area contributed by atoms with Crippen molar-refractivity contribution in [2.24, 2.45) is 0 Å². The van der Waals surface area contributed by atoms with Crippen molar-refractivity contribution in [3.8, 4) is 0 Å². The number of hydrogen-bond donors (Lipinski definition) is 1. The third-order valence-electron chi connectivity index (χ3n) is 4.88. The van der Waals surface area contributed by atoms with Gasteiger partial charge >= 0.3 is 5.97 Å². The molecule has 1 aliphatic rings. The highest BCUT2D eigenvalue weighted by molar-refractivity contribution is 7.15.